The average Bonchev–Trinajstić information content (AvgIpc) is 2.71. The van der Waals surface area contributed by atoms with E-state index in [1.54, 1.807) is 13.3 Å². The number of nitrogens with one attached hydrogen (secondary N) is 1. The number of imidazole rings is 1. The van der Waals surface area contributed by atoms with Crippen molar-refractivity contribution in [3.8, 4) is 0 Å². The summed E-state index contributed by atoms with van der Waals surface area (Å²) >= 11 is 9.49. The van der Waals surface area contributed by atoms with Crippen molar-refractivity contribution in [1.29, 1.82) is 0 Å². The lowest BCUT2D eigenvalue weighted by molar-refractivity contribution is 0.185. The van der Waals surface area contributed by atoms with Gasteiger partial charge in [-0.1, -0.05) is 33.6 Å². The Morgan fingerprint density at radius 1 is 1.47 bits per heavy atom. The zero-order valence-corrected chi connectivity index (χ0v) is 13.1. The second-order valence-corrected chi connectivity index (χ2v) is 5.35. The van der Waals surface area contributed by atoms with Gasteiger partial charge in [0.1, 0.15) is 11.0 Å². The third-order valence-corrected chi connectivity index (χ3v) is 3.97. The van der Waals surface area contributed by atoms with Crippen LogP contribution in [0, 0.1) is 0 Å². The van der Waals surface area contributed by atoms with Crippen molar-refractivity contribution >= 4 is 33.2 Å². The van der Waals surface area contributed by atoms with E-state index in [-0.39, 0.29) is 0 Å². The van der Waals surface area contributed by atoms with Gasteiger partial charge in [0.2, 0.25) is 0 Å². The summed E-state index contributed by atoms with van der Waals surface area (Å²) in [6, 6.07) is 6.00. The van der Waals surface area contributed by atoms with E-state index in [0.29, 0.717) is 18.3 Å². The van der Waals surface area contributed by atoms with Crippen LogP contribution in [-0.4, -0.2) is 16.7 Å². The molecule has 0 unspecified atom stereocenters. The van der Waals surface area contributed by atoms with Crippen molar-refractivity contribution < 1.29 is 4.74 Å². The standard InChI is InChI=1S/C13H15BrClN3O/c1-18-12(15)6-17-13(18)7-16-11-5-3-4-10(14)9(11)8-19-2/h3-6,16H,7-8H2,1-2H3. The molecule has 1 aromatic heterocycles. The molecule has 0 amide bonds. The monoisotopic (exact) mass is 343 g/mol. The van der Waals surface area contributed by atoms with Gasteiger partial charge in [-0.2, -0.15) is 0 Å². The Hall–Kier alpha value is -1.04. The number of rotatable bonds is 5. The van der Waals surface area contributed by atoms with Crippen molar-refractivity contribution in [2.24, 2.45) is 7.05 Å². The predicted molar refractivity (Wildman–Crippen MR) is 80.4 cm³/mol. The van der Waals surface area contributed by atoms with Crippen molar-refractivity contribution in [2.75, 3.05) is 12.4 Å². The number of halogens is 2. The van der Waals surface area contributed by atoms with Crippen LogP contribution in [0.3, 0.4) is 0 Å². The SMILES string of the molecule is COCc1c(Br)cccc1NCc1ncc(Cl)n1C. The summed E-state index contributed by atoms with van der Waals surface area (Å²) in [4.78, 5) is 4.25. The molecule has 19 heavy (non-hydrogen) atoms. The van der Waals surface area contributed by atoms with Gasteiger partial charge in [0, 0.05) is 29.9 Å². The molecule has 1 heterocycles. The van der Waals surface area contributed by atoms with E-state index in [1.807, 2.05) is 29.8 Å². The molecule has 0 radical (unpaired) electrons. The summed E-state index contributed by atoms with van der Waals surface area (Å²) in [6.07, 6.45) is 1.65. The zero-order valence-electron chi connectivity index (χ0n) is 10.8. The van der Waals surface area contributed by atoms with E-state index < -0.39 is 0 Å². The number of hydrogen-bond acceptors (Lipinski definition) is 3. The van der Waals surface area contributed by atoms with Crippen LogP contribution in [0.4, 0.5) is 5.69 Å². The second kappa shape index (κ2) is 6.41. The highest BCUT2D eigenvalue weighted by Gasteiger charge is 2.08. The van der Waals surface area contributed by atoms with E-state index >= 15 is 0 Å². The number of methoxy groups -OCH3 is 1. The Balaban J connectivity index is 2.15. The van der Waals surface area contributed by atoms with Crippen molar-refractivity contribution in [1.82, 2.24) is 9.55 Å². The smallest absolute Gasteiger partial charge is 0.128 e. The molecule has 0 aliphatic heterocycles. The van der Waals surface area contributed by atoms with E-state index in [9.17, 15) is 0 Å². The van der Waals surface area contributed by atoms with Crippen LogP contribution in [0.15, 0.2) is 28.9 Å². The minimum Gasteiger partial charge on any atom is -0.380 e. The number of ether oxygens (including phenoxy) is 1. The van der Waals surface area contributed by atoms with Gasteiger partial charge in [-0.3, -0.25) is 0 Å². The Labute approximate surface area is 125 Å². The number of aromatic nitrogens is 2. The van der Waals surface area contributed by atoms with Gasteiger partial charge < -0.3 is 14.6 Å². The molecule has 6 heteroatoms. The predicted octanol–water partition coefficient (Wildman–Crippen LogP) is 3.59. The van der Waals surface area contributed by atoms with Crippen LogP contribution in [0.25, 0.3) is 0 Å². The van der Waals surface area contributed by atoms with Gasteiger partial charge in [-0.15, -0.1) is 0 Å². The van der Waals surface area contributed by atoms with Gasteiger partial charge >= 0.3 is 0 Å². The first-order valence-corrected chi connectivity index (χ1v) is 6.97. The molecule has 0 aliphatic rings. The number of hydrogen-bond donors (Lipinski definition) is 1. The minimum atomic E-state index is 0.547. The molecule has 0 bridgehead atoms. The Kier molecular flexibility index (Phi) is 4.85. The largest absolute Gasteiger partial charge is 0.380 e. The maximum Gasteiger partial charge on any atom is 0.128 e. The molecule has 1 N–H and O–H groups in total. The summed E-state index contributed by atoms with van der Waals surface area (Å²) in [7, 11) is 3.57. The first-order chi connectivity index (χ1) is 9.13. The fraction of sp³-hybridized carbons (Fsp3) is 0.308. The third-order valence-electron chi connectivity index (χ3n) is 2.87. The summed E-state index contributed by atoms with van der Waals surface area (Å²) < 4.78 is 8.09. The molecule has 102 valence electrons. The highest BCUT2D eigenvalue weighted by molar-refractivity contribution is 9.10. The van der Waals surface area contributed by atoms with Crippen LogP contribution in [0.2, 0.25) is 5.15 Å². The summed E-state index contributed by atoms with van der Waals surface area (Å²) in [5.74, 6) is 0.883. The van der Waals surface area contributed by atoms with Gasteiger partial charge in [-0.25, -0.2) is 4.98 Å². The highest BCUT2D eigenvalue weighted by Crippen LogP contribution is 2.26. The van der Waals surface area contributed by atoms with Crippen LogP contribution in [0.5, 0.6) is 0 Å². The van der Waals surface area contributed by atoms with Gasteiger partial charge in [0.15, 0.2) is 0 Å². The fourth-order valence-corrected chi connectivity index (χ4v) is 2.41. The first kappa shape index (κ1) is 14.4. The lowest BCUT2D eigenvalue weighted by Crippen LogP contribution is -2.08. The first-order valence-electron chi connectivity index (χ1n) is 5.79. The molecule has 2 rings (SSSR count). The molecular weight excluding hydrogens is 330 g/mol. The molecule has 0 fully saturated rings. The molecular formula is C13H15BrClN3O. The molecule has 0 spiro atoms. The molecule has 2 aromatic rings. The molecule has 0 aliphatic carbocycles. The molecule has 0 saturated heterocycles. The number of anilines is 1. The third kappa shape index (κ3) is 3.29. The number of nitrogens with zero attached hydrogens (tertiary/aromatic N) is 2. The molecule has 1 aromatic carbocycles. The molecule has 4 nitrogen and oxygen atoms in total. The maximum absolute atomic E-state index is 5.96. The van der Waals surface area contributed by atoms with E-state index in [4.69, 9.17) is 16.3 Å². The van der Waals surface area contributed by atoms with Crippen LogP contribution in [0.1, 0.15) is 11.4 Å². The summed E-state index contributed by atoms with van der Waals surface area (Å²) in [6.45, 7) is 1.15. The topological polar surface area (TPSA) is 39.1 Å². The fourth-order valence-electron chi connectivity index (χ4n) is 1.78. The van der Waals surface area contributed by atoms with Crippen LogP contribution >= 0.6 is 27.5 Å². The van der Waals surface area contributed by atoms with E-state index in [0.717, 1.165) is 21.5 Å². The Morgan fingerprint density at radius 3 is 2.89 bits per heavy atom. The second-order valence-electron chi connectivity index (χ2n) is 4.11. The summed E-state index contributed by atoms with van der Waals surface area (Å²) in [5, 5.41) is 3.99. The molecule has 0 atom stereocenters. The maximum atomic E-state index is 5.96. The van der Waals surface area contributed by atoms with E-state index in [2.05, 4.69) is 26.2 Å². The zero-order chi connectivity index (χ0) is 13.8. The van der Waals surface area contributed by atoms with Crippen LogP contribution in [-0.2, 0) is 24.9 Å². The van der Waals surface area contributed by atoms with Gasteiger partial charge in [0.25, 0.3) is 0 Å². The molecule has 0 saturated carbocycles. The lowest BCUT2D eigenvalue weighted by Gasteiger charge is -2.13. The average molecular weight is 345 g/mol. The van der Waals surface area contributed by atoms with Gasteiger partial charge in [0.05, 0.1) is 19.3 Å². The van der Waals surface area contributed by atoms with Crippen molar-refractivity contribution in [3.05, 3.63) is 45.4 Å². The Morgan fingerprint density at radius 2 is 2.26 bits per heavy atom. The van der Waals surface area contributed by atoms with Crippen molar-refractivity contribution in [3.63, 3.8) is 0 Å². The van der Waals surface area contributed by atoms with Gasteiger partial charge in [-0.05, 0) is 12.1 Å². The quantitative estimate of drug-likeness (QED) is 0.901. The highest BCUT2D eigenvalue weighted by atomic mass is 79.9. The van der Waals surface area contributed by atoms with Crippen molar-refractivity contribution in [2.45, 2.75) is 13.2 Å². The summed E-state index contributed by atoms with van der Waals surface area (Å²) in [5.41, 5.74) is 2.11. The minimum absolute atomic E-state index is 0.547. The Bertz CT molecular complexity index is 571. The lowest BCUT2D eigenvalue weighted by atomic mass is 10.2. The normalized spacial score (nSPS) is 10.7. The van der Waals surface area contributed by atoms with Crippen LogP contribution < -0.4 is 5.32 Å². The van der Waals surface area contributed by atoms with E-state index in [1.165, 1.54) is 0 Å². The number of benzene rings is 1.